The summed E-state index contributed by atoms with van der Waals surface area (Å²) in [7, 11) is 0. The Morgan fingerprint density at radius 2 is 1.89 bits per heavy atom. The van der Waals surface area contributed by atoms with Gasteiger partial charge in [0.1, 0.15) is 5.56 Å². The zero-order valence-corrected chi connectivity index (χ0v) is 15.5. The smallest absolute Gasteiger partial charge is 0.259 e. The first-order chi connectivity index (χ1) is 13.2. The van der Waals surface area contributed by atoms with Gasteiger partial charge in [-0.1, -0.05) is 42.5 Å². The monoisotopic (exact) mass is 361 g/mol. The van der Waals surface area contributed by atoms with Gasteiger partial charge in [0.2, 0.25) is 0 Å². The van der Waals surface area contributed by atoms with Crippen LogP contribution in [-0.4, -0.2) is 63.0 Å². The molecule has 6 heteroatoms. The highest BCUT2D eigenvalue weighted by Gasteiger charge is 2.24. The predicted molar refractivity (Wildman–Crippen MR) is 106 cm³/mol. The number of aromatic nitrogens is 3. The molecule has 0 atom stereocenters. The van der Waals surface area contributed by atoms with Crippen LogP contribution in [0.25, 0.3) is 11.7 Å². The van der Waals surface area contributed by atoms with Crippen molar-refractivity contribution in [3.63, 3.8) is 0 Å². The van der Waals surface area contributed by atoms with Crippen LogP contribution in [0.15, 0.2) is 55.0 Å². The molecule has 4 rings (SSSR count). The lowest BCUT2D eigenvalue weighted by atomic mass is 10.2. The van der Waals surface area contributed by atoms with E-state index in [-0.39, 0.29) is 5.91 Å². The van der Waals surface area contributed by atoms with Gasteiger partial charge in [0.05, 0.1) is 6.20 Å². The number of hydrogen-bond acceptors (Lipinski definition) is 4. The molecule has 3 aromatic rings. The number of fused-ring (bicyclic) bond motifs is 1. The molecule has 0 saturated carbocycles. The number of carbonyl (C=O) groups excluding carboxylic acids is 1. The molecular formula is C21H23N5O. The SMILES string of the molecule is Cc1cnc2c(C(=O)N3CCN(C/C=C/c4ccccc4)CC3)cnn2c1. The molecule has 1 aromatic carbocycles. The molecule has 1 amide bonds. The summed E-state index contributed by atoms with van der Waals surface area (Å²) in [5.74, 6) is 0.0147. The van der Waals surface area contributed by atoms with Gasteiger partial charge in [0.25, 0.3) is 5.91 Å². The van der Waals surface area contributed by atoms with Crippen molar-refractivity contribution in [3.05, 3.63) is 71.7 Å². The summed E-state index contributed by atoms with van der Waals surface area (Å²) in [4.78, 5) is 21.5. The third-order valence-corrected chi connectivity index (χ3v) is 4.85. The quantitative estimate of drug-likeness (QED) is 0.717. The van der Waals surface area contributed by atoms with Crippen LogP contribution >= 0.6 is 0 Å². The molecule has 3 heterocycles. The lowest BCUT2D eigenvalue weighted by Crippen LogP contribution is -2.48. The molecule has 0 bridgehead atoms. The second-order valence-electron chi connectivity index (χ2n) is 6.86. The predicted octanol–water partition coefficient (Wildman–Crippen LogP) is 2.51. The molecule has 0 radical (unpaired) electrons. The van der Waals surface area contributed by atoms with Crippen molar-refractivity contribution >= 4 is 17.6 Å². The second-order valence-corrected chi connectivity index (χ2v) is 6.86. The maximum Gasteiger partial charge on any atom is 0.259 e. The zero-order chi connectivity index (χ0) is 18.6. The van der Waals surface area contributed by atoms with Gasteiger partial charge in [0.15, 0.2) is 5.65 Å². The molecule has 0 N–H and O–H groups in total. The Hall–Kier alpha value is -2.99. The van der Waals surface area contributed by atoms with E-state index in [1.807, 2.05) is 36.2 Å². The van der Waals surface area contributed by atoms with Crippen LogP contribution in [-0.2, 0) is 0 Å². The number of nitrogens with zero attached hydrogens (tertiary/aromatic N) is 5. The number of amides is 1. The number of aryl methyl sites for hydroxylation is 1. The van der Waals surface area contributed by atoms with Crippen molar-refractivity contribution in [1.82, 2.24) is 24.4 Å². The van der Waals surface area contributed by atoms with Crippen LogP contribution in [0.2, 0.25) is 0 Å². The van der Waals surface area contributed by atoms with Gasteiger partial charge in [0, 0.05) is 45.1 Å². The number of rotatable bonds is 4. The summed E-state index contributed by atoms with van der Waals surface area (Å²) in [6, 6.07) is 10.3. The van der Waals surface area contributed by atoms with Gasteiger partial charge < -0.3 is 4.90 Å². The maximum absolute atomic E-state index is 12.9. The lowest BCUT2D eigenvalue weighted by molar-refractivity contribution is 0.0652. The minimum atomic E-state index is 0.0147. The first-order valence-corrected chi connectivity index (χ1v) is 9.24. The van der Waals surface area contributed by atoms with Crippen LogP contribution in [0.1, 0.15) is 21.5 Å². The van der Waals surface area contributed by atoms with E-state index in [0.717, 1.165) is 38.3 Å². The van der Waals surface area contributed by atoms with Gasteiger partial charge >= 0.3 is 0 Å². The Labute approximate surface area is 158 Å². The molecule has 1 fully saturated rings. The third-order valence-electron chi connectivity index (χ3n) is 4.85. The molecule has 27 heavy (non-hydrogen) atoms. The summed E-state index contributed by atoms with van der Waals surface area (Å²) in [6.07, 6.45) is 9.61. The van der Waals surface area contributed by atoms with Gasteiger partial charge in [-0.2, -0.15) is 5.10 Å². The fraction of sp³-hybridized carbons (Fsp3) is 0.286. The van der Waals surface area contributed by atoms with E-state index in [2.05, 4.69) is 39.3 Å². The second kappa shape index (κ2) is 7.72. The summed E-state index contributed by atoms with van der Waals surface area (Å²) >= 11 is 0. The maximum atomic E-state index is 12.9. The highest BCUT2D eigenvalue weighted by Crippen LogP contribution is 2.14. The standard InChI is InChI=1S/C21H23N5O/c1-17-14-22-20-19(15-23-26(20)16-17)21(27)25-12-10-24(11-13-25)9-5-8-18-6-3-2-4-7-18/h2-8,14-16H,9-13H2,1H3/b8-5+. The van der Waals surface area contributed by atoms with Crippen molar-refractivity contribution in [3.8, 4) is 0 Å². The molecule has 1 aliphatic rings. The minimum absolute atomic E-state index is 0.0147. The first kappa shape index (κ1) is 17.4. The summed E-state index contributed by atoms with van der Waals surface area (Å²) < 4.78 is 1.67. The Morgan fingerprint density at radius 1 is 1.11 bits per heavy atom. The molecule has 0 aliphatic carbocycles. The normalized spacial score (nSPS) is 15.7. The van der Waals surface area contributed by atoms with E-state index in [1.165, 1.54) is 5.56 Å². The minimum Gasteiger partial charge on any atom is -0.336 e. The van der Waals surface area contributed by atoms with Gasteiger partial charge in [-0.25, -0.2) is 9.50 Å². The first-order valence-electron chi connectivity index (χ1n) is 9.24. The molecular weight excluding hydrogens is 338 g/mol. The van der Waals surface area contributed by atoms with Crippen LogP contribution < -0.4 is 0 Å². The van der Waals surface area contributed by atoms with E-state index in [0.29, 0.717) is 11.2 Å². The summed E-state index contributed by atoms with van der Waals surface area (Å²) in [6.45, 7) is 6.05. The van der Waals surface area contributed by atoms with E-state index in [4.69, 9.17) is 0 Å². The highest BCUT2D eigenvalue weighted by atomic mass is 16.2. The zero-order valence-electron chi connectivity index (χ0n) is 15.5. The lowest BCUT2D eigenvalue weighted by Gasteiger charge is -2.34. The number of carbonyl (C=O) groups is 1. The number of piperazine rings is 1. The molecule has 0 unspecified atom stereocenters. The van der Waals surface area contributed by atoms with Crippen molar-refractivity contribution < 1.29 is 4.79 Å². The summed E-state index contributed by atoms with van der Waals surface area (Å²) in [5, 5.41) is 4.27. The van der Waals surface area contributed by atoms with E-state index < -0.39 is 0 Å². The summed E-state index contributed by atoms with van der Waals surface area (Å²) in [5.41, 5.74) is 3.43. The van der Waals surface area contributed by atoms with Crippen molar-refractivity contribution in [1.29, 1.82) is 0 Å². The fourth-order valence-corrected chi connectivity index (χ4v) is 3.32. The molecule has 6 nitrogen and oxygen atoms in total. The van der Waals surface area contributed by atoms with Gasteiger partial charge in [-0.15, -0.1) is 0 Å². The third kappa shape index (κ3) is 3.90. The van der Waals surface area contributed by atoms with Crippen molar-refractivity contribution in [2.75, 3.05) is 32.7 Å². The van der Waals surface area contributed by atoms with Crippen LogP contribution in [0.3, 0.4) is 0 Å². The number of benzene rings is 1. The van der Waals surface area contributed by atoms with Crippen LogP contribution in [0.5, 0.6) is 0 Å². The van der Waals surface area contributed by atoms with E-state index in [9.17, 15) is 4.79 Å². The molecule has 138 valence electrons. The Kier molecular flexibility index (Phi) is 4.98. The number of hydrogen-bond donors (Lipinski definition) is 0. The molecule has 1 aliphatic heterocycles. The van der Waals surface area contributed by atoms with Crippen LogP contribution in [0, 0.1) is 6.92 Å². The average Bonchev–Trinajstić information content (AvgIpc) is 3.12. The fourth-order valence-electron chi connectivity index (χ4n) is 3.32. The van der Waals surface area contributed by atoms with Crippen molar-refractivity contribution in [2.24, 2.45) is 0 Å². The Bertz CT molecular complexity index is 955. The largest absolute Gasteiger partial charge is 0.336 e. The van der Waals surface area contributed by atoms with E-state index >= 15 is 0 Å². The van der Waals surface area contributed by atoms with Crippen molar-refractivity contribution in [2.45, 2.75) is 6.92 Å². The highest BCUT2D eigenvalue weighted by molar-refractivity contribution is 5.99. The average molecular weight is 361 g/mol. The molecule has 2 aromatic heterocycles. The molecule has 0 spiro atoms. The van der Waals surface area contributed by atoms with Crippen LogP contribution in [0.4, 0.5) is 0 Å². The van der Waals surface area contributed by atoms with Gasteiger partial charge in [-0.05, 0) is 18.1 Å². The topological polar surface area (TPSA) is 53.7 Å². The van der Waals surface area contributed by atoms with E-state index in [1.54, 1.807) is 16.9 Å². The Morgan fingerprint density at radius 3 is 2.67 bits per heavy atom. The van der Waals surface area contributed by atoms with Gasteiger partial charge in [-0.3, -0.25) is 9.69 Å². The molecule has 1 saturated heterocycles. The Balaban J connectivity index is 1.34.